The summed E-state index contributed by atoms with van der Waals surface area (Å²) in [5.74, 6) is -0.605. The topological polar surface area (TPSA) is 168 Å². The number of nitrogens with one attached hydrogen (secondary N) is 1. The molecule has 11 nitrogen and oxygen atoms in total. The predicted octanol–water partition coefficient (Wildman–Crippen LogP) is 2.77. The number of carbonyl (C=O) groups excluding carboxylic acids is 1. The molecular formula is C20H26Cl2N6O5. The Hall–Kier alpha value is -2.83. The molecule has 13 heteroatoms. The summed E-state index contributed by atoms with van der Waals surface area (Å²) in [6, 6.07) is 3.00. The molecule has 0 aliphatic heterocycles. The second-order valence-electron chi connectivity index (χ2n) is 5.81. The maximum Gasteiger partial charge on any atom is 0.271 e. The minimum absolute atomic E-state index is 0.0984. The predicted molar refractivity (Wildman–Crippen MR) is 126 cm³/mol. The van der Waals surface area contributed by atoms with Gasteiger partial charge in [-0.3, -0.25) is 9.59 Å². The fourth-order valence-electron chi connectivity index (χ4n) is 2.18. The number of rotatable bonds is 7. The number of amides is 1. The minimum Gasteiger partial charge on any atom is -0.396 e. The van der Waals surface area contributed by atoms with Crippen molar-refractivity contribution in [3.05, 3.63) is 57.1 Å². The fourth-order valence-corrected chi connectivity index (χ4v) is 2.55. The van der Waals surface area contributed by atoms with E-state index < -0.39 is 12.4 Å². The van der Waals surface area contributed by atoms with Gasteiger partial charge in [-0.25, -0.2) is 15.0 Å². The van der Waals surface area contributed by atoms with Crippen molar-refractivity contribution < 1.29 is 19.0 Å². The third kappa shape index (κ3) is 9.28. The minimum atomic E-state index is -0.605. The average Bonchev–Trinajstić information content (AvgIpc) is 2.78. The van der Waals surface area contributed by atoms with Crippen molar-refractivity contribution in [3.8, 4) is 0 Å². The van der Waals surface area contributed by atoms with Crippen molar-refractivity contribution in [3.63, 3.8) is 0 Å². The Morgan fingerprint density at radius 2 is 1.55 bits per heavy atom. The van der Waals surface area contributed by atoms with E-state index in [1.807, 2.05) is 20.8 Å². The first kappa shape index (κ1) is 28.2. The SMILES string of the molecule is CCOC(OCC)OCC.NC(=O)c1ccnc(Cl)c1N.O=c1[nH]cnc2c(Cl)nccc12. The molecule has 3 rings (SSSR count). The number of aromatic nitrogens is 4. The molecular weight excluding hydrogens is 475 g/mol. The second-order valence-corrected chi connectivity index (χ2v) is 6.53. The number of nitrogens with zero attached hydrogens (tertiary/aromatic N) is 3. The zero-order chi connectivity index (χ0) is 24.8. The molecule has 0 saturated heterocycles. The van der Waals surface area contributed by atoms with Gasteiger partial charge in [0.25, 0.3) is 17.9 Å². The Kier molecular flexibility index (Phi) is 12.9. The van der Waals surface area contributed by atoms with Crippen molar-refractivity contribution in [1.29, 1.82) is 0 Å². The molecule has 180 valence electrons. The van der Waals surface area contributed by atoms with Gasteiger partial charge >= 0.3 is 0 Å². The number of halogens is 2. The van der Waals surface area contributed by atoms with E-state index in [1.165, 1.54) is 24.8 Å². The molecule has 3 aromatic heterocycles. The van der Waals surface area contributed by atoms with Gasteiger partial charge in [0.1, 0.15) is 5.52 Å². The summed E-state index contributed by atoms with van der Waals surface area (Å²) >= 11 is 11.2. The van der Waals surface area contributed by atoms with Crippen molar-refractivity contribution in [2.45, 2.75) is 27.2 Å². The van der Waals surface area contributed by atoms with Gasteiger partial charge in [-0.15, -0.1) is 0 Å². The van der Waals surface area contributed by atoms with Crippen LogP contribution in [0.4, 0.5) is 5.69 Å². The van der Waals surface area contributed by atoms with Gasteiger partial charge in [-0.1, -0.05) is 23.2 Å². The molecule has 1 amide bonds. The third-order valence-electron chi connectivity index (χ3n) is 3.63. The van der Waals surface area contributed by atoms with Crippen molar-refractivity contribution in [2.75, 3.05) is 25.6 Å². The number of H-pyrrole nitrogens is 1. The van der Waals surface area contributed by atoms with E-state index in [4.69, 9.17) is 48.9 Å². The number of nitrogen functional groups attached to an aromatic ring is 1. The van der Waals surface area contributed by atoms with Crippen LogP contribution in [0.3, 0.4) is 0 Å². The first-order valence-electron chi connectivity index (χ1n) is 9.79. The average molecular weight is 501 g/mol. The zero-order valence-electron chi connectivity index (χ0n) is 18.4. The Labute approximate surface area is 200 Å². The van der Waals surface area contributed by atoms with Gasteiger partial charge in [0.2, 0.25) is 0 Å². The summed E-state index contributed by atoms with van der Waals surface area (Å²) in [5.41, 5.74) is 10.9. The number of primary amides is 1. The molecule has 0 saturated carbocycles. The molecule has 33 heavy (non-hydrogen) atoms. The molecule has 3 aromatic rings. The van der Waals surface area contributed by atoms with Gasteiger partial charge in [0, 0.05) is 32.2 Å². The molecule has 0 aliphatic carbocycles. The first-order valence-corrected chi connectivity index (χ1v) is 10.5. The van der Waals surface area contributed by atoms with Crippen molar-refractivity contribution >= 4 is 45.7 Å². The standard InChI is InChI=1S/C7H4ClN3O.C7H16O3.C6H6ClN3O/c8-6-5-4(1-2-9-6)7(12)11-3-10-5;1-4-8-7(9-5-2)10-6-3;7-5-4(8)3(6(9)11)1-2-10-5/h1-3H,(H,10,11,12);7H,4-6H2,1-3H3;1-2H,8H2,(H2,9,11). The van der Waals surface area contributed by atoms with Crippen LogP contribution < -0.4 is 17.0 Å². The van der Waals surface area contributed by atoms with Crippen LogP contribution in [-0.4, -0.2) is 52.1 Å². The Morgan fingerprint density at radius 3 is 2.03 bits per heavy atom. The lowest BCUT2D eigenvalue weighted by atomic mass is 10.2. The van der Waals surface area contributed by atoms with E-state index in [-0.39, 0.29) is 27.1 Å². The van der Waals surface area contributed by atoms with E-state index in [0.29, 0.717) is 30.7 Å². The maximum absolute atomic E-state index is 11.1. The summed E-state index contributed by atoms with van der Waals surface area (Å²) in [7, 11) is 0. The van der Waals surface area contributed by atoms with Crippen LogP contribution >= 0.6 is 23.2 Å². The summed E-state index contributed by atoms with van der Waals surface area (Å²) in [4.78, 5) is 35.6. The van der Waals surface area contributed by atoms with E-state index in [9.17, 15) is 9.59 Å². The normalized spacial score (nSPS) is 10.2. The number of pyridine rings is 2. The van der Waals surface area contributed by atoms with E-state index >= 15 is 0 Å². The van der Waals surface area contributed by atoms with Crippen LogP contribution in [0.25, 0.3) is 10.9 Å². The van der Waals surface area contributed by atoms with Crippen LogP contribution in [0, 0.1) is 0 Å². The molecule has 3 heterocycles. The Bertz CT molecular complexity index is 1070. The number of hydrogen-bond acceptors (Lipinski definition) is 9. The number of carbonyl (C=O) groups is 1. The Balaban J connectivity index is 0.000000249. The van der Waals surface area contributed by atoms with Gasteiger partial charge in [-0.05, 0) is 32.9 Å². The van der Waals surface area contributed by atoms with Crippen molar-refractivity contribution in [2.24, 2.45) is 5.73 Å². The summed E-state index contributed by atoms with van der Waals surface area (Å²) in [5, 5.41) is 0.803. The van der Waals surface area contributed by atoms with Gasteiger partial charge < -0.3 is 30.7 Å². The fraction of sp³-hybridized carbons (Fsp3) is 0.350. The Morgan fingerprint density at radius 1 is 1.00 bits per heavy atom. The van der Waals surface area contributed by atoms with Gasteiger partial charge in [0.15, 0.2) is 10.3 Å². The maximum atomic E-state index is 11.1. The van der Waals surface area contributed by atoms with Crippen LogP contribution in [0.2, 0.25) is 10.3 Å². The highest BCUT2D eigenvalue weighted by atomic mass is 35.5. The number of fused-ring (bicyclic) bond motifs is 1. The third-order valence-corrected chi connectivity index (χ3v) is 4.21. The molecule has 5 N–H and O–H groups in total. The second kappa shape index (κ2) is 15.1. The monoisotopic (exact) mass is 500 g/mol. The number of hydrogen-bond donors (Lipinski definition) is 3. The van der Waals surface area contributed by atoms with Crippen LogP contribution in [0.5, 0.6) is 0 Å². The largest absolute Gasteiger partial charge is 0.396 e. The van der Waals surface area contributed by atoms with Crippen LogP contribution in [0.1, 0.15) is 31.1 Å². The number of nitrogens with two attached hydrogens (primary N) is 2. The quantitative estimate of drug-likeness (QED) is 0.326. The van der Waals surface area contributed by atoms with Crippen molar-refractivity contribution in [1.82, 2.24) is 19.9 Å². The van der Waals surface area contributed by atoms with Gasteiger partial charge in [0.05, 0.1) is 23.0 Å². The van der Waals surface area contributed by atoms with E-state index in [0.717, 1.165) is 0 Å². The molecule has 0 bridgehead atoms. The highest BCUT2D eigenvalue weighted by Crippen LogP contribution is 2.18. The number of ether oxygens (including phenoxy) is 3. The molecule has 0 atom stereocenters. The highest BCUT2D eigenvalue weighted by molar-refractivity contribution is 6.33. The molecule has 0 fully saturated rings. The lowest BCUT2D eigenvalue weighted by molar-refractivity contribution is -0.282. The highest BCUT2D eigenvalue weighted by Gasteiger charge is 2.08. The van der Waals surface area contributed by atoms with Gasteiger partial charge in [-0.2, -0.15) is 0 Å². The zero-order valence-corrected chi connectivity index (χ0v) is 19.9. The smallest absolute Gasteiger partial charge is 0.271 e. The lowest BCUT2D eigenvalue weighted by Gasteiger charge is -2.15. The summed E-state index contributed by atoms with van der Waals surface area (Å²) in [6.45, 7) is 7.10. The van der Waals surface area contributed by atoms with E-state index in [2.05, 4.69) is 19.9 Å². The molecule has 0 aliphatic rings. The molecule has 0 aromatic carbocycles. The number of anilines is 1. The number of aromatic amines is 1. The van der Waals surface area contributed by atoms with Crippen LogP contribution in [-0.2, 0) is 14.2 Å². The first-order chi connectivity index (χ1) is 15.8. The molecule has 0 radical (unpaired) electrons. The summed E-state index contributed by atoms with van der Waals surface area (Å²) < 4.78 is 15.2. The molecule has 0 unspecified atom stereocenters. The van der Waals surface area contributed by atoms with Crippen LogP contribution in [0.15, 0.2) is 35.6 Å². The molecule has 0 spiro atoms. The van der Waals surface area contributed by atoms with E-state index in [1.54, 1.807) is 6.07 Å². The summed E-state index contributed by atoms with van der Waals surface area (Å²) in [6.07, 6.45) is 4.15. The lowest BCUT2D eigenvalue weighted by Crippen LogP contribution is -2.20.